The van der Waals surface area contributed by atoms with E-state index in [9.17, 15) is 13.6 Å². The maximum absolute atomic E-state index is 13.0. The molecule has 0 fully saturated rings. The van der Waals surface area contributed by atoms with Gasteiger partial charge < -0.3 is 15.4 Å². The van der Waals surface area contributed by atoms with Crippen LogP contribution in [0.4, 0.5) is 14.6 Å². The largest absolute Gasteiger partial charge is 0.492 e. The van der Waals surface area contributed by atoms with E-state index in [-0.39, 0.29) is 24.0 Å². The Hall–Kier alpha value is -2.77. The third kappa shape index (κ3) is 4.11. The van der Waals surface area contributed by atoms with Crippen LogP contribution in [-0.2, 0) is 0 Å². The van der Waals surface area contributed by atoms with Crippen LogP contribution in [0.3, 0.4) is 0 Å². The first kappa shape index (κ1) is 15.6. The smallest absolute Gasteiger partial charge is 0.271 e. The number of nitrogens with zero attached hydrogens (tertiary/aromatic N) is 2. The molecule has 0 aliphatic rings. The Morgan fingerprint density at radius 2 is 2.00 bits per heavy atom. The summed E-state index contributed by atoms with van der Waals surface area (Å²) < 4.78 is 31.0. The van der Waals surface area contributed by atoms with Gasteiger partial charge in [0, 0.05) is 13.1 Å². The number of carbonyl (C=O) groups excluding carboxylic acids is 1. The lowest BCUT2D eigenvalue weighted by Gasteiger charge is -2.08. The van der Waals surface area contributed by atoms with Gasteiger partial charge in [-0.05, 0) is 24.3 Å². The second-order valence-electron chi connectivity index (χ2n) is 4.23. The van der Waals surface area contributed by atoms with Crippen molar-refractivity contribution in [2.45, 2.75) is 0 Å². The van der Waals surface area contributed by atoms with Crippen LogP contribution in [0.25, 0.3) is 0 Å². The molecule has 0 bridgehead atoms. The highest BCUT2D eigenvalue weighted by Gasteiger charge is 2.05. The molecule has 1 amide bonds. The topological polar surface area (TPSA) is 76.1 Å². The Labute approximate surface area is 125 Å². The predicted molar refractivity (Wildman–Crippen MR) is 75.8 cm³/mol. The van der Waals surface area contributed by atoms with E-state index in [1.54, 1.807) is 6.07 Å². The third-order valence-corrected chi connectivity index (χ3v) is 2.69. The van der Waals surface area contributed by atoms with Gasteiger partial charge in [0.2, 0.25) is 0 Å². The Kier molecular flexibility index (Phi) is 5.18. The minimum Gasteiger partial charge on any atom is -0.492 e. The molecule has 0 saturated carbocycles. The van der Waals surface area contributed by atoms with Gasteiger partial charge in [-0.1, -0.05) is 0 Å². The summed E-state index contributed by atoms with van der Waals surface area (Å²) in [7, 11) is 1.51. The molecule has 0 spiro atoms. The van der Waals surface area contributed by atoms with Crippen LogP contribution in [-0.4, -0.2) is 36.3 Å². The summed E-state index contributed by atoms with van der Waals surface area (Å²) in [5.41, 5.74) is 0.214. The summed E-state index contributed by atoms with van der Waals surface area (Å²) in [6.45, 7) is 0.608. The molecule has 0 aliphatic heterocycles. The normalized spacial score (nSPS) is 10.1. The van der Waals surface area contributed by atoms with Crippen molar-refractivity contribution in [3.8, 4) is 5.75 Å². The quantitative estimate of drug-likeness (QED) is 0.793. The van der Waals surface area contributed by atoms with Crippen LogP contribution in [0.1, 0.15) is 10.5 Å². The van der Waals surface area contributed by atoms with Crippen LogP contribution in [0.15, 0.2) is 30.3 Å². The number of halogens is 2. The van der Waals surface area contributed by atoms with E-state index in [0.29, 0.717) is 12.4 Å². The van der Waals surface area contributed by atoms with Gasteiger partial charge in [-0.2, -0.15) is 0 Å². The van der Waals surface area contributed by atoms with Gasteiger partial charge in [0.25, 0.3) is 5.91 Å². The highest BCUT2D eigenvalue weighted by molar-refractivity contribution is 5.91. The predicted octanol–water partition coefficient (Wildman–Crippen LogP) is 1.61. The van der Waals surface area contributed by atoms with Crippen LogP contribution in [0, 0.1) is 11.6 Å². The second kappa shape index (κ2) is 7.30. The van der Waals surface area contributed by atoms with E-state index < -0.39 is 11.6 Å². The molecule has 0 saturated heterocycles. The first-order valence-corrected chi connectivity index (χ1v) is 6.47. The SMILES string of the molecule is CNC(=O)c1ccc(NCCOc2ccc(F)c(F)c2)nn1. The average Bonchev–Trinajstić information content (AvgIpc) is 2.54. The van der Waals surface area contributed by atoms with E-state index in [4.69, 9.17) is 4.74 Å². The summed E-state index contributed by atoms with van der Waals surface area (Å²) >= 11 is 0. The maximum Gasteiger partial charge on any atom is 0.271 e. The van der Waals surface area contributed by atoms with E-state index >= 15 is 0 Å². The number of aromatic nitrogens is 2. The van der Waals surface area contributed by atoms with Crippen LogP contribution in [0.5, 0.6) is 5.75 Å². The van der Waals surface area contributed by atoms with Crippen molar-refractivity contribution in [3.63, 3.8) is 0 Å². The van der Waals surface area contributed by atoms with Crippen molar-refractivity contribution in [3.05, 3.63) is 47.7 Å². The molecule has 6 nitrogen and oxygen atoms in total. The first-order valence-electron chi connectivity index (χ1n) is 6.47. The Balaban J connectivity index is 1.78. The van der Waals surface area contributed by atoms with E-state index in [2.05, 4.69) is 20.8 Å². The van der Waals surface area contributed by atoms with Gasteiger partial charge in [0.05, 0.1) is 6.54 Å². The number of amides is 1. The number of anilines is 1. The van der Waals surface area contributed by atoms with Gasteiger partial charge >= 0.3 is 0 Å². The molecular weight excluding hydrogens is 294 g/mol. The summed E-state index contributed by atoms with van der Waals surface area (Å²) in [6.07, 6.45) is 0. The average molecular weight is 308 g/mol. The summed E-state index contributed by atoms with van der Waals surface area (Å²) in [4.78, 5) is 11.3. The van der Waals surface area contributed by atoms with Crippen molar-refractivity contribution in [1.29, 1.82) is 0 Å². The molecule has 0 atom stereocenters. The van der Waals surface area contributed by atoms with Crippen molar-refractivity contribution in [2.75, 3.05) is 25.5 Å². The van der Waals surface area contributed by atoms with E-state index in [0.717, 1.165) is 12.1 Å². The fourth-order valence-electron chi connectivity index (χ4n) is 1.59. The van der Waals surface area contributed by atoms with E-state index in [1.165, 1.54) is 19.2 Å². The standard InChI is InChI=1S/C14H14F2N4O2/c1-17-14(21)12-4-5-13(20-19-12)18-6-7-22-9-2-3-10(15)11(16)8-9/h2-5,8H,6-7H2,1H3,(H,17,21)(H,18,20). The first-order chi connectivity index (χ1) is 10.6. The summed E-state index contributed by atoms with van der Waals surface area (Å²) in [5, 5.41) is 12.9. The Morgan fingerprint density at radius 3 is 2.64 bits per heavy atom. The minimum absolute atomic E-state index is 0.214. The van der Waals surface area contributed by atoms with Gasteiger partial charge in [-0.3, -0.25) is 4.79 Å². The number of benzene rings is 1. The monoisotopic (exact) mass is 308 g/mol. The van der Waals surface area contributed by atoms with Gasteiger partial charge in [-0.25, -0.2) is 8.78 Å². The minimum atomic E-state index is -0.957. The zero-order valence-corrected chi connectivity index (χ0v) is 11.8. The highest BCUT2D eigenvalue weighted by atomic mass is 19.2. The lowest BCUT2D eigenvalue weighted by molar-refractivity contribution is 0.0957. The number of ether oxygens (including phenoxy) is 1. The number of hydrogen-bond donors (Lipinski definition) is 2. The van der Waals surface area contributed by atoms with Gasteiger partial charge in [-0.15, -0.1) is 10.2 Å². The maximum atomic E-state index is 13.0. The van der Waals surface area contributed by atoms with Gasteiger partial charge in [0.1, 0.15) is 18.2 Å². The van der Waals surface area contributed by atoms with Crippen molar-refractivity contribution >= 4 is 11.7 Å². The van der Waals surface area contributed by atoms with Crippen molar-refractivity contribution in [2.24, 2.45) is 0 Å². The molecule has 1 aromatic carbocycles. The molecule has 1 heterocycles. The summed E-state index contributed by atoms with van der Waals surface area (Å²) in [6, 6.07) is 6.46. The fourth-order valence-corrected chi connectivity index (χ4v) is 1.59. The molecule has 2 aromatic rings. The molecule has 2 N–H and O–H groups in total. The molecule has 1 aromatic heterocycles. The summed E-state index contributed by atoms with van der Waals surface area (Å²) in [5.74, 6) is -1.48. The number of nitrogens with one attached hydrogen (secondary N) is 2. The van der Waals surface area contributed by atoms with Crippen LogP contribution in [0.2, 0.25) is 0 Å². The third-order valence-electron chi connectivity index (χ3n) is 2.69. The Morgan fingerprint density at radius 1 is 1.18 bits per heavy atom. The van der Waals surface area contributed by atoms with Crippen molar-refractivity contribution < 1.29 is 18.3 Å². The fraction of sp³-hybridized carbons (Fsp3) is 0.214. The lowest BCUT2D eigenvalue weighted by atomic mass is 10.3. The molecule has 116 valence electrons. The van der Waals surface area contributed by atoms with Crippen molar-refractivity contribution in [1.82, 2.24) is 15.5 Å². The zero-order chi connectivity index (χ0) is 15.9. The van der Waals surface area contributed by atoms with E-state index in [1.807, 2.05) is 0 Å². The molecule has 0 aliphatic carbocycles. The molecule has 2 rings (SSSR count). The molecule has 22 heavy (non-hydrogen) atoms. The zero-order valence-electron chi connectivity index (χ0n) is 11.8. The second-order valence-corrected chi connectivity index (χ2v) is 4.23. The number of rotatable bonds is 6. The van der Waals surface area contributed by atoms with Crippen LogP contribution >= 0.6 is 0 Å². The number of hydrogen-bond acceptors (Lipinski definition) is 5. The molecule has 8 heteroatoms. The molecular formula is C14H14F2N4O2. The number of carbonyl (C=O) groups is 1. The van der Waals surface area contributed by atoms with Crippen LogP contribution < -0.4 is 15.4 Å². The highest BCUT2D eigenvalue weighted by Crippen LogP contribution is 2.15. The molecule has 0 unspecified atom stereocenters. The van der Waals surface area contributed by atoms with Gasteiger partial charge in [0.15, 0.2) is 17.3 Å². The lowest BCUT2D eigenvalue weighted by Crippen LogP contribution is -2.20. The molecule has 0 radical (unpaired) electrons. The Bertz CT molecular complexity index is 650.